The third-order valence-electron chi connectivity index (χ3n) is 2.58. The van der Waals surface area contributed by atoms with Crippen LogP contribution in [0.4, 0.5) is 0 Å². The summed E-state index contributed by atoms with van der Waals surface area (Å²) < 4.78 is 5.40. The van der Waals surface area contributed by atoms with Crippen LogP contribution in [0.2, 0.25) is 0 Å². The number of ether oxygens (including phenoxy) is 1. The average Bonchev–Trinajstić information content (AvgIpc) is 2.64. The summed E-state index contributed by atoms with van der Waals surface area (Å²) in [5.41, 5.74) is 8.22. The number of nitrogens with two attached hydrogens (primary N) is 1. The molecule has 14 heavy (non-hydrogen) atoms. The number of benzene rings is 1. The highest BCUT2D eigenvalue weighted by molar-refractivity contribution is 5.40. The van der Waals surface area contributed by atoms with Crippen LogP contribution in [0.25, 0.3) is 0 Å². The summed E-state index contributed by atoms with van der Waals surface area (Å²) in [5, 5.41) is 8.79. The molecule has 1 aliphatic rings. The molecule has 0 aromatic heterocycles. The van der Waals surface area contributed by atoms with Crippen molar-refractivity contribution in [2.75, 3.05) is 13.2 Å². The highest BCUT2D eigenvalue weighted by atomic mass is 16.5. The van der Waals surface area contributed by atoms with Crippen molar-refractivity contribution < 1.29 is 9.84 Å². The van der Waals surface area contributed by atoms with Gasteiger partial charge in [-0.15, -0.1) is 0 Å². The summed E-state index contributed by atoms with van der Waals surface area (Å²) in [6, 6.07) is 5.97. The highest BCUT2D eigenvalue weighted by Crippen LogP contribution is 2.28. The van der Waals surface area contributed by atoms with Crippen molar-refractivity contribution in [1.29, 1.82) is 0 Å². The van der Waals surface area contributed by atoms with Gasteiger partial charge in [-0.25, -0.2) is 0 Å². The second-order valence-corrected chi connectivity index (χ2v) is 3.58. The zero-order valence-corrected chi connectivity index (χ0v) is 8.07. The van der Waals surface area contributed by atoms with E-state index in [0.29, 0.717) is 6.42 Å². The van der Waals surface area contributed by atoms with E-state index in [1.165, 1.54) is 5.56 Å². The first-order valence-corrected chi connectivity index (χ1v) is 4.93. The summed E-state index contributed by atoms with van der Waals surface area (Å²) in [5.74, 6) is 0.977. The quantitative estimate of drug-likeness (QED) is 0.753. The first kappa shape index (κ1) is 9.49. The Morgan fingerprint density at radius 2 is 2.36 bits per heavy atom. The topological polar surface area (TPSA) is 55.5 Å². The lowest BCUT2D eigenvalue weighted by atomic mass is 10.0. The van der Waals surface area contributed by atoms with E-state index in [-0.39, 0.29) is 12.6 Å². The number of hydrogen-bond donors (Lipinski definition) is 2. The van der Waals surface area contributed by atoms with Gasteiger partial charge in [-0.2, -0.15) is 0 Å². The van der Waals surface area contributed by atoms with Gasteiger partial charge in [-0.05, 0) is 23.6 Å². The lowest BCUT2D eigenvalue weighted by molar-refractivity contribution is 0.276. The van der Waals surface area contributed by atoms with Crippen molar-refractivity contribution in [3.63, 3.8) is 0 Å². The highest BCUT2D eigenvalue weighted by Gasteiger charge is 2.14. The maximum absolute atomic E-state index is 8.79. The Kier molecular flexibility index (Phi) is 2.70. The van der Waals surface area contributed by atoms with E-state index in [1.807, 2.05) is 12.1 Å². The normalized spacial score (nSPS) is 16.1. The number of fused-ring (bicyclic) bond motifs is 1. The summed E-state index contributed by atoms with van der Waals surface area (Å²) >= 11 is 0. The summed E-state index contributed by atoms with van der Waals surface area (Å²) in [6.45, 7) is 0.906. The molecule has 0 fully saturated rings. The van der Waals surface area contributed by atoms with Crippen LogP contribution in [0.1, 0.15) is 23.6 Å². The van der Waals surface area contributed by atoms with E-state index < -0.39 is 0 Å². The number of rotatable bonds is 3. The van der Waals surface area contributed by atoms with Gasteiger partial charge in [-0.1, -0.05) is 12.1 Å². The Bertz CT molecular complexity index is 325. The zero-order chi connectivity index (χ0) is 9.97. The Balaban J connectivity index is 2.19. The smallest absolute Gasteiger partial charge is 0.122 e. The molecule has 0 bridgehead atoms. The number of aliphatic hydroxyl groups is 1. The van der Waals surface area contributed by atoms with Crippen LogP contribution < -0.4 is 10.5 Å². The zero-order valence-electron chi connectivity index (χ0n) is 8.07. The molecule has 2 rings (SSSR count). The third kappa shape index (κ3) is 1.74. The summed E-state index contributed by atoms with van der Waals surface area (Å²) in [7, 11) is 0. The lowest BCUT2D eigenvalue weighted by Crippen LogP contribution is -2.11. The average molecular weight is 193 g/mol. The van der Waals surface area contributed by atoms with E-state index in [4.69, 9.17) is 15.6 Å². The maximum atomic E-state index is 8.79. The Hall–Kier alpha value is -1.06. The van der Waals surface area contributed by atoms with E-state index in [0.717, 1.165) is 24.3 Å². The molecule has 0 amide bonds. The number of aliphatic hydroxyl groups excluding tert-OH is 1. The van der Waals surface area contributed by atoms with E-state index in [9.17, 15) is 0 Å². The van der Waals surface area contributed by atoms with Crippen LogP contribution in [0.15, 0.2) is 18.2 Å². The van der Waals surface area contributed by atoms with E-state index in [1.54, 1.807) is 0 Å². The van der Waals surface area contributed by atoms with Gasteiger partial charge >= 0.3 is 0 Å². The predicted octanol–water partition coefficient (Wildman–Crippen LogP) is 1.00. The molecular weight excluding hydrogens is 178 g/mol. The van der Waals surface area contributed by atoms with Crippen molar-refractivity contribution in [1.82, 2.24) is 0 Å². The molecule has 3 heteroatoms. The van der Waals surface area contributed by atoms with E-state index >= 15 is 0 Å². The van der Waals surface area contributed by atoms with Crippen molar-refractivity contribution in [2.24, 2.45) is 5.73 Å². The van der Waals surface area contributed by atoms with Crippen LogP contribution >= 0.6 is 0 Å². The first-order valence-electron chi connectivity index (χ1n) is 4.93. The standard InChI is InChI=1S/C11H15NO2/c12-10(3-5-13)8-1-2-11-9(7-8)4-6-14-11/h1-2,7,10,13H,3-6,12H2. The van der Waals surface area contributed by atoms with Crippen LogP contribution in [0.5, 0.6) is 5.75 Å². The Morgan fingerprint density at radius 3 is 3.14 bits per heavy atom. The molecule has 0 radical (unpaired) electrons. The second kappa shape index (κ2) is 3.98. The molecule has 1 unspecified atom stereocenters. The molecule has 1 aromatic carbocycles. The predicted molar refractivity (Wildman–Crippen MR) is 54.3 cm³/mol. The third-order valence-corrected chi connectivity index (χ3v) is 2.58. The molecule has 1 heterocycles. The van der Waals surface area contributed by atoms with Gasteiger partial charge in [0.2, 0.25) is 0 Å². The fraction of sp³-hybridized carbons (Fsp3) is 0.455. The van der Waals surface area contributed by atoms with Crippen molar-refractivity contribution in [3.05, 3.63) is 29.3 Å². The molecule has 0 aliphatic carbocycles. The Morgan fingerprint density at radius 1 is 1.50 bits per heavy atom. The van der Waals surface area contributed by atoms with E-state index in [2.05, 4.69) is 6.07 Å². The second-order valence-electron chi connectivity index (χ2n) is 3.58. The minimum Gasteiger partial charge on any atom is -0.493 e. The fourth-order valence-electron chi connectivity index (χ4n) is 1.74. The van der Waals surface area contributed by atoms with Gasteiger partial charge < -0.3 is 15.6 Å². The summed E-state index contributed by atoms with van der Waals surface area (Å²) in [6.07, 6.45) is 1.58. The van der Waals surface area contributed by atoms with Crippen LogP contribution in [0, 0.1) is 0 Å². The number of hydrogen-bond acceptors (Lipinski definition) is 3. The monoisotopic (exact) mass is 193 g/mol. The summed E-state index contributed by atoms with van der Waals surface area (Å²) in [4.78, 5) is 0. The minimum absolute atomic E-state index is 0.0640. The van der Waals surface area contributed by atoms with Gasteiger partial charge in [0.1, 0.15) is 5.75 Å². The van der Waals surface area contributed by atoms with Crippen molar-refractivity contribution in [2.45, 2.75) is 18.9 Å². The Labute approximate surface area is 83.5 Å². The van der Waals surface area contributed by atoms with Gasteiger partial charge in [0.15, 0.2) is 0 Å². The lowest BCUT2D eigenvalue weighted by Gasteiger charge is -2.11. The molecule has 1 aromatic rings. The maximum Gasteiger partial charge on any atom is 0.122 e. The molecule has 0 spiro atoms. The molecule has 3 N–H and O–H groups in total. The minimum atomic E-state index is -0.0640. The molecule has 1 atom stereocenters. The van der Waals surface area contributed by atoms with Gasteiger partial charge in [0.05, 0.1) is 6.61 Å². The molecular formula is C11H15NO2. The van der Waals surface area contributed by atoms with Gasteiger partial charge in [0, 0.05) is 19.1 Å². The van der Waals surface area contributed by atoms with Crippen molar-refractivity contribution in [3.8, 4) is 5.75 Å². The molecule has 76 valence electrons. The fourth-order valence-corrected chi connectivity index (χ4v) is 1.74. The van der Waals surface area contributed by atoms with Crippen LogP contribution in [-0.2, 0) is 6.42 Å². The van der Waals surface area contributed by atoms with Gasteiger partial charge in [0.25, 0.3) is 0 Å². The van der Waals surface area contributed by atoms with Crippen molar-refractivity contribution >= 4 is 0 Å². The molecule has 3 nitrogen and oxygen atoms in total. The van der Waals surface area contributed by atoms with Crippen LogP contribution in [0.3, 0.4) is 0 Å². The molecule has 0 saturated heterocycles. The van der Waals surface area contributed by atoms with Gasteiger partial charge in [-0.3, -0.25) is 0 Å². The first-order chi connectivity index (χ1) is 6.81. The molecule has 0 saturated carbocycles. The largest absolute Gasteiger partial charge is 0.493 e. The molecule has 1 aliphatic heterocycles. The SMILES string of the molecule is NC(CCO)c1ccc2c(c1)CCO2. The van der Waals surface area contributed by atoms with Crippen LogP contribution in [-0.4, -0.2) is 18.3 Å².